The molecule has 2 atom stereocenters. The summed E-state index contributed by atoms with van der Waals surface area (Å²) in [5, 5.41) is 15.8. The molecule has 1 saturated carbocycles. The summed E-state index contributed by atoms with van der Waals surface area (Å²) in [7, 11) is 2.12. The van der Waals surface area contributed by atoms with Crippen molar-refractivity contribution in [3.63, 3.8) is 0 Å². The van der Waals surface area contributed by atoms with E-state index in [0.717, 1.165) is 11.7 Å². The number of hydrogen-bond donors (Lipinski definition) is 0. The zero-order valence-electron chi connectivity index (χ0n) is 10.8. The predicted octanol–water partition coefficient (Wildman–Crippen LogP) is 1.53. The Morgan fingerprint density at radius 1 is 1.28 bits per heavy atom. The van der Waals surface area contributed by atoms with Gasteiger partial charge in [0.15, 0.2) is 11.5 Å². The number of tetrazole rings is 1. The molecular formula is C12H18N6. The topological polar surface area (TPSA) is 59.2 Å². The Labute approximate surface area is 106 Å². The summed E-state index contributed by atoms with van der Waals surface area (Å²) >= 11 is 0. The fourth-order valence-corrected chi connectivity index (χ4v) is 2.87. The molecule has 0 saturated heterocycles. The fourth-order valence-electron chi connectivity index (χ4n) is 2.87. The van der Waals surface area contributed by atoms with Crippen molar-refractivity contribution in [3.8, 4) is 0 Å². The van der Waals surface area contributed by atoms with Crippen molar-refractivity contribution >= 4 is 11.5 Å². The molecule has 0 unspecified atom stereocenters. The van der Waals surface area contributed by atoms with Crippen molar-refractivity contribution in [1.29, 1.82) is 0 Å². The quantitative estimate of drug-likeness (QED) is 0.804. The highest BCUT2D eigenvalue weighted by atomic mass is 15.6. The normalized spacial score (nSPS) is 24.3. The first kappa shape index (κ1) is 11.4. The standard InChI is InChI=1S/C12H18N6/c1-9-5-3-4-6-10(9)17(2)12-8-7-11-13-15-16-18(11)14-12/h7-10H,3-6H2,1-2H3/t9-,10+/m0/s1. The molecule has 1 fully saturated rings. The summed E-state index contributed by atoms with van der Waals surface area (Å²) in [5.74, 6) is 1.66. The Balaban J connectivity index is 1.87. The maximum Gasteiger partial charge on any atom is 0.200 e. The van der Waals surface area contributed by atoms with E-state index in [4.69, 9.17) is 0 Å². The zero-order valence-corrected chi connectivity index (χ0v) is 10.8. The van der Waals surface area contributed by atoms with Gasteiger partial charge in [-0.25, -0.2) is 0 Å². The molecule has 1 aliphatic carbocycles. The third-order valence-electron chi connectivity index (χ3n) is 3.98. The first-order valence-electron chi connectivity index (χ1n) is 6.54. The van der Waals surface area contributed by atoms with Crippen LogP contribution in [0.5, 0.6) is 0 Å². The van der Waals surface area contributed by atoms with Crippen molar-refractivity contribution in [2.24, 2.45) is 5.92 Å². The highest BCUT2D eigenvalue weighted by molar-refractivity contribution is 5.44. The average molecular weight is 246 g/mol. The molecule has 2 heterocycles. The number of hydrogen-bond acceptors (Lipinski definition) is 5. The number of aromatic nitrogens is 5. The van der Waals surface area contributed by atoms with E-state index in [2.05, 4.69) is 39.5 Å². The van der Waals surface area contributed by atoms with E-state index in [1.165, 1.54) is 30.3 Å². The van der Waals surface area contributed by atoms with Gasteiger partial charge < -0.3 is 4.90 Å². The maximum absolute atomic E-state index is 4.45. The highest BCUT2D eigenvalue weighted by Crippen LogP contribution is 2.29. The summed E-state index contributed by atoms with van der Waals surface area (Å²) in [6.45, 7) is 2.33. The Morgan fingerprint density at radius 2 is 2.11 bits per heavy atom. The Bertz CT molecular complexity index is 536. The van der Waals surface area contributed by atoms with E-state index in [-0.39, 0.29) is 0 Å². The van der Waals surface area contributed by atoms with E-state index >= 15 is 0 Å². The van der Waals surface area contributed by atoms with E-state index in [0.29, 0.717) is 11.7 Å². The number of nitrogens with zero attached hydrogens (tertiary/aromatic N) is 6. The first-order valence-corrected chi connectivity index (χ1v) is 6.54. The van der Waals surface area contributed by atoms with Gasteiger partial charge in [-0.15, -0.1) is 14.8 Å². The molecule has 1 aliphatic rings. The van der Waals surface area contributed by atoms with Crippen LogP contribution < -0.4 is 4.90 Å². The van der Waals surface area contributed by atoms with Crippen LogP contribution in [0.4, 0.5) is 5.82 Å². The van der Waals surface area contributed by atoms with E-state index in [1.807, 2.05) is 12.1 Å². The zero-order chi connectivity index (χ0) is 12.5. The fraction of sp³-hybridized carbons (Fsp3) is 0.667. The van der Waals surface area contributed by atoms with Gasteiger partial charge in [-0.3, -0.25) is 0 Å². The van der Waals surface area contributed by atoms with Crippen LogP contribution in [0, 0.1) is 5.92 Å². The largest absolute Gasteiger partial charge is 0.355 e. The minimum atomic E-state index is 0.570. The lowest BCUT2D eigenvalue weighted by Gasteiger charge is -2.36. The Morgan fingerprint density at radius 3 is 2.94 bits per heavy atom. The molecule has 0 spiro atoms. The second kappa shape index (κ2) is 4.51. The molecule has 0 bridgehead atoms. The van der Waals surface area contributed by atoms with E-state index < -0.39 is 0 Å². The van der Waals surface area contributed by atoms with Crippen LogP contribution in [0.1, 0.15) is 32.6 Å². The molecule has 0 aliphatic heterocycles. The van der Waals surface area contributed by atoms with Crippen LogP contribution in [-0.2, 0) is 0 Å². The van der Waals surface area contributed by atoms with Crippen LogP contribution in [0.3, 0.4) is 0 Å². The van der Waals surface area contributed by atoms with Crippen LogP contribution in [-0.4, -0.2) is 38.3 Å². The van der Waals surface area contributed by atoms with Crippen molar-refractivity contribution < 1.29 is 0 Å². The second-order valence-electron chi connectivity index (χ2n) is 5.16. The summed E-state index contributed by atoms with van der Waals surface area (Å²) in [4.78, 5) is 2.27. The van der Waals surface area contributed by atoms with E-state index in [1.54, 1.807) is 0 Å². The summed E-state index contributed by atoms with van der Waals surface area (Å²) in [5.41, 5.74) is 0.684. The van der Waals surface area contributed by atoms with Gasteiger partial charge in [-0.2, -0.15) is 0 Å². The third-order valence-corrected chi connectivity index (χ3v) is 3.98. The van der Waals surface area contributed by atoms with Crippen molar-refractivity contribution in [2.75, 3.05) is 11.9 Å². The lowest BCUT2D eigenvalue weighted by atomic mass is 9.85. The molecule has 96 valence electrons. The van der Waals surface area contributed by atoms with Gasteiger partial charge in [0.25, 0.3) is 0 Å². The molecule has 0 N–H and O–H groups in total. The Hall–Kier alpha value is -1.72. The van der Waals surface area contributed by atoms with Crippen LogP contribution in [0.2, 0.25) is 0 Å². The molecule has 2 aromatic rings. The molecule has 0 aromatic carbocycles. The number of fused-ring (bicyclic) bond motifs is 1. The summed E-state index contributed by atoms with van der Waals surface area (Å²) in [6, 6.07) is 4.47. The lowest BCUT2D eigenvalue weighted by molar-refractivity contribution is 0.320. The number of rotatable bonds is 2. The van der Waals surface area contributed by atoms with Gasteiger partial charge >= 0.3 is 0 Å². The smallest absolute Gasteiger partial charge is 0.200 e. The van der Waals surface area contributed by atoms with Gasteiger partial charge in [0.2, 0.25) is 0 Å². The minimum absolute atomic E-state index is 0.570. The maximum atomic E-state index is 4.45. The number of anilines is 1. The van der Waals surface area contributed by atoms with Crippen LogP contribution in [0.25, 0.3) is 5.65 Å². The summed E-state index contributed by atoms with van der Waals surface area (Å²) in [6.07, 6.45) is 5.21. The lowest BCUT2D eigenvalue weighted by Crippen LogP contribution is -2.39. The molecule has 0 radical (unpaired) electrons. The van der Waals surface area contributed by atoms with Crippen molar-refractivity contribution in [2.45, 2.75) is 38.6 Å². The van der Waals surface area contributed by atoms with Gasteiger partial charge in [0, 0.05) is 13.1 Å². The molecular weight excluding hydrogens is 228 g/mol. The molecule has 6 nitrogen and oxygen atoms in total. The second-order valence-corrected chi connectivity index (χ2v) is 5.16. The monoisotopic (exact) mass is 246 g/mol. The highest BCUT2D eigenvalue weighted by Gasteiger charge is 2.26. The van der Waals surface area contributed by atoms with Crippen molar-refractivity contribution in [3.05, 3.63) is 12.1 Å². The van der Waals surface area contributed by atoms with Gasteiger partial charge in [0.1, 0.15) is 0 Å². The molecule has 3 rings (SSSR count). The summed E-state index contributed by atoms with van der Waals surface area (Å²) < 4.78 is 1.49. The minimum Gasteiger partial charge on any atom is -0.355 e. The molecule has 6 heteroatoms. The SMILES string of the molecule is C[C@H]1CCCC[C@H]1N(C)c1ccc2nnnn2n1. The van der Waals surface area contributed by atoms with Gasteiger partial charge in [-0.05, 0) is 41.3 Å². The first-order chi connectivity index (χ1) is 8.75. The third kappa shape index (κ3) is 1.91. The predicted molar refractivity (Wildman–Crippen MR) is 68.4 cm³/mol. The average Bonchev–Trinajstić information content (AvgIpc) is 2.85. The molecule has 2 aromatic heterocycles. The molecule has 18 heavy (non-hydrogen) atoms. The van der Waals surface area contributed by atoms with Crippen LogP contribution in [0.15, 0.2) is 12.1 Å². The van der Waals surface area contributed by atoms with Crippen molar-refractivity contribution in [1.82, 2.24) is 25.3 Å². The van der Waals surface area contributed by atoms with Crippen LogP contribution >= 0.6 is 0 Å². The van der Waals surface area contributed by atoms with E-state index in [9.17, 15) is 0 Å². The Kier molecular flexibility index (Phi) is 2.85. The van der Waals surface area contributed by atoms with Gasteiger partial charge in [-0.1, -0.05) is 19.8 Å². The molecule has 0 amide bonds. The van der Waals surface area contributed by atoms with Gasteiger partial charge in [0.05, 0.1) is 0 Å².